The van der Waals surface area contributed by atoms with Crippen LogP contribution in [0.3, 0.4) is 0 Å². The van der Waals surface area contributed by atoms with E-state index in [9.17, 15) is 17.6 Å². The maximum absolute atomic E-state index is 14.5. The van der Waals surface area contributed by atoms with Gasteiger partial charge in [-0.2, -0.15) is 0 Å². The maximum atomic E-state index is 14.5. The molecular weight excluding hydrogens is 431 g/mol. The molecule has 0 fully saturated rings. The van der Waals surface area contributed by atoms with Crippen LogP contribution >= 0.6 is 22.7 Å². The van der Waals surface area contributed by atoms with E-state index in [1.165, 1.54) is 33.6 Å². The van der Waals surface area contributed by atoms with Crippen molar-refractivity contribution in [3.63, 3.8) is 0 Å². The van der Waals surface area contributed by atoms with Crippen LogP contribution in [-0.2, 0) is 23.1 Å². The quantitative estimate of drug-likeness (QED) is 0.548. The lowest BCUT2D eigenvalue weighted by Crippen LogP contribution is -2.32. The van der Waals surface area contributed by atoms with Crippen molar-refractivity contribution in [1.29, 1.82) is 0 Å². The fraction of sp³-hybridized carbons (Fsp3) is 0.250. The molecule has 1 aromatic carbocycles. The Morgan fingerprint density at radius 2 is 1.66 bits per heavy atom. The predicted molar refractivity (Wildman–Crippen MR) is 114 cm³/mol. The topological polar surface area (TPSA) is 66.5 Å². The molecule has 1 amide bonds. The zero-order valence-corrected chi connectivity index (χ0v) is 18.4. The number of halogens is 1. The molecule has 0 saturated carbocycles. The van der Waals surface area contributed by atoms with E-state index in [-0.39, 0.29) is 16.5 Å². The minimum atomic E-state index is -3.84. The van der Waals surface area contributed by atoms with Gasteiger partial charge in [-0.05, 0) is 54.9 Å². The minimum Gasteiger partial charge on any atom is -0.328 e. The number of hydrogen-bond acceptors (Lipinski definition) is 5. The molecule has 5 nitrogen and oxygen atoms in total. The van der Waals surface area contributed by atoms with Crippen LogP contribution in [0.5, 0.6) is 0 Å². The Morgan fingerprint density at radius 3 is 2.14 bits per heavy atom. The molecule has 3 rings (SSSR count). The van der Waals surface area contributed by atoms with E-state index < -0.39 is 21.7 Å². The van der Waals surface area contributed by atoms with Gasteiger partial charge in [-0.1, -0.05) is 12.1 Å². The molecule has 2 aromatic heterocycles. The normalized spacial score (nSPS) is 11.7. The van der Waals surface area contributed by atoms with Gasteiger partial charge in [0.25, 0.3) is 5.91 Å². The number of carbonyl (C=O) groups excluding carboxylic acids is 1. The molecule has 0 unspecified atom stereocenters. The molecule has 0 saturated heterocycles. The van der Waals surface area contributed by atoms with E-state index in [2.05, 4.69) is 4.72 Å². The summed E-state index contributed by atoms with van der Waals surface area (Å²) >= 11 is 3.01. The second-order valence-corrected chi connectivity index (χ2v) is 10.5. The monoisotopic (exact) mass is 452 g/mol. The molecule has 0 spiro atoms. The molecule has 3 aromatic rings. The van der Waals surface area contributed by atoms with Gasteiger partial charge in [0.2, 0.25) is 10.0 Å². The van der Waals surface area contributed by atoms with Crippen molar-refractivity contribution in [3.8, 4) is 0 Å². The molecule has 9 heteroatoms. The Kier molecular flexibility index (Phi) is 6.84. The van der Waals surface area contributed by atoms with Crippen molar-refractivity contribution in [2.75, 3.05) is 0 Å². The summed E-state index contributed by atoms with van der Waals surface area (Å²) in [5, 5.41) is 3.82. The number of hydrogen-bond donors (Lipinski definition) is 1. The summed E-state index contributed by atoms with van der Waals surface area (Å²) in [5.74, 6) is -1.30. The van der Waals surface area contributed by atoms with Gasteiger partial charge < -0.3 is 4.90 Å². The van der Waals surface area contributed by atoms with Gasteiger partial charge in [0.15, 0.2) is 0 Å². The Labute approximate surface area is 177 Å². The summed E-state index contributed by atoms with van der Waals surface area (Å²) < 4.78 is 41.9. The Balaban J connectivity index is 1.95. The summed E-state index contributed by atoms with van der Waals surface area (Å²) in [5.41, 5.74) is -0.259. The number of amides is 1. The molecule has 2 heterocycles. The molecule has 0 aliphatic carbocycles. The third kappa shape index (κ3) is 5.51. The summed E-state index contributed by atoms with van der Waals surface area (Å²) in [6.07, 6.45) is 0. The molecule has 1 N–H and O–H groups in total. The van der Waals surface area contributed by atoms with E-state index in [1.54, 1.807) is 13.8 Å². The zero-order chi connectivity index (χ0) is 21.0. The summed E-state index contributed by atoms with van der Waals surface area (Å²) in [6, 6.07) is 10.6. The lowest BCUT2D eigenvalue weighted by Gasteiger charge is -2.22. The predicted octanol–water partition coefficient (Wildman–Crippen LogP) is 4.48. The van der Waals surface area contributed by atoms with Crippen LogP contribution in [0.1, 0.15) is 34.0 Å². The van der Waals surface area contributed by atoms with Crippen LogP contribution in [0.4, 0.5) is 4.39 Å². The van der Waals surface area contributed by atoms with Crippen LogP contribution in [0, 0.1) is 5.82 Å². The van der Waals surface area contributed by atoms with E-state index in [1.807, 2.05) is 35.0 Å². The first-order valence-electron chi connectivity index (χ1n) is 8.92. The Bertz CT molecular complexity index is 1030. The first-order valence-corrected chi connectivity index (χ1v) is 12.2. The van der Waals surface area contributed by atoms with Crippen molar-refractivity contribution in [3.05, 3.63) is 74.4 Å². The molecule has 154 valence electrons. The van der Waals surface area contributed by atoms with Crippen LogP contribution in [0.2, 0.25) is 0 Å². The largest absolute Gasteiger partial charge is 0.328 e. The number of rotatable bonds is 8. The SMILES string of the molecule is CC(C)NS(=O)(=O)c1ccc(F)c(C(=O)N(Cc2cccs2)Cc2cccs2)c1. The summed E-state index contributed by atoms with van der Waals surface area (Å²) in [4.78, 5) is 16.5. The molecule has 0 atom stereocenters. The number of sulfonamides is 1. The fourth-order valence-electron chi connectivity index (χ4n) is 2.76. The van der Waals surface area contributed by atoms with Gasteiger partial charge in [0.05, 0.1) is 23.5 Å². The molecule has 0 aliphatic rings. The third-order valence-electron chi connectivity index (χ3n) is 4.01. The Hall–Kier alpha value is -2.07. The molecular formula is C20H21FN2O3S3. The number of carbonyl (C=O) groups is 1. The van der Waals surface area contributed by atoms with Crippen LogP contribution < -0.4 is 4.72 Å². The summed E-state index contributed by atoms with van der Waals surface area (Å²) in [6.45, 7) is 4.01. The number of nitrogens with one attached hydrogen (secondary N) is 1. The first-order chi connectivity index (χ1) is 13.8. The molecule has 0 radical (unpaired) electrons. The number of nitrogens with zero attached hydrogens (tertiary/aromatic N) is 1. The Morgan fingerprint density at radius 1 is 1.07 bits per heavy atom. The smallest absolute Gasteiger partial charge is 0.257 e. The van der Waals surface area contributed by atoms with Crippen LogP contribution in [0.25, 0.3) is 0 Å². The van der Waals surface area contributed by atoms with Gasteiger partial charge in [-0.3, -0.25) is 4.79 Å². The highest BCUT2D eigenvalue weighted by molar-refractivity contribution is 7.89. The molecule has 0 bridgehead atoms. The van der Waals surface area contributed by atoms with E-state index in [0.29, 0.717) is 13.1 Å². The zero-order valence-electron chi connectivity index (χ0n) is 16.0. The van der Waals surface area contributed by atoms with Crippen LogP contribution in [-0.4, -0.2) is 25.3 Å². The van der Waals surface area contributed by atoms with Gasteiger partial charge in [-0.25, -0.2) is 17.5 Å². The lowest BCUT2D eigenvalue weighted by atomic mass is 10.1. The van der Waals surface area contributed by atoms with E-state index in [4.69, 9.17) is 0 Å². The highest BCUT2D eigenvalue weighted by Gasteiger charge is 2.24. The average molecular weight is 453 g/mol. The third-order valence-corrected chi connectivity index (χ3v) is 7.39. The van der Waals surface area contributed by atoms with Crippen molar-refractivity contribution in [2.45, 2.75) is 37.9 Å². The van der Waals surface area contributed by atoms with E-state index >= 15 is 0 Å². The van der Waals surface area contributed by atoms with Gasteiger partial charge in [0.1, 0.15) is 5.82 Å². The standard InChI is InChI=1S/C20H21FN2O3S3/c1-14(2)22-29(25,26)17-7-8-19(21)18(11-17)20(24)23(12-15-5-3-9-27-15)13-16-6-4-10-28-16/h3-11,14,22H,12-13H2,1-2H3. The van der Waals surface area contributed by atoms with Crippen molar-refractivity contribution >= 4 is 38.6 Å². The van der Waals surface area contributed by atoms with Crippen molar-refractivity contribution in [1.82, 2.24) is 9.62 Å². The number of benzene rings is 1. The first kappa shape index (κ1) is 21.6. The van der Waals surface area contributed by atoms with Crippen LogP contribution in [0.15, 0.2) is 58.1 Å². The van der Waals surface area contributed by atoms with Crippen molar-refractivity contribution < 1.29 is 17.6 Å². The van der Waals surface area contributed by atoms with Gasteiger partial charge >= 0.3 is 0 Å². The highest BCUT2D eigenvalue weighted by atomic mass is 32.2. The molecule has 0 aliphatic heterocycles. The fourth-order valence-corrected chi connectivity index (χ4v) is 5.48. The lowest BCUT2D eigenvalue weighted by molar-refractivity contribution is 0.0728. The summed E-state index contributed by atoms with van der Waals surface area (Å²) in [7, 11) is -3.84. The second kappa shape index (κ2) is 9.17. The average Bonchev–Trinajstić information content (AvgIpc) is 3.34. The highest BCUT2D eigenvalue weighted by Crippen LogP contribution is 2.22. The minimum absolute atomic E-state index is 0.136. The van der Waals surface area contributed by atoms with Gasteiger partial charge in [0, 0.05) is 15.8 Å². The van der Waals surface area contributed by atoms with Crippen molar-refractivity contribution in [2.24, 2.45) is 0 Å². The van der Waals surface area contributed by atoms with Gasteiger partial charge in [-0.15, -0.1) is 22.7 Å². The molecule has 29 heavy (non-hydrogen) atoms. The second-order valence-electron chi connectivity index (χ2n) is 6.74. The maximum Gasteiger partial charge on any atom is 0.257 e. The number of thiophene rings is 2. The van der Waals surface area contributed by atoms with E-state index in [0.717, 1.165) is 21.9 Å².